The van der Waals surface area contributed by atoms with Crippen LogP contribution in [-0.2, 0) is 11.3 Å². The summed E-state index contributed by atoms with van der Waals surface area (Å²) in [4.78, 5) is 12.3. The molecule has 26 heavy (non-hydrogen) atoms. The van der Waals surface area contributed by atoms with E-state index in [1.54, 1.807) is 13.0 Å². The number of nitrogens with one attached hydrogen (secondary N) is 1. The molecule has 8 heteroatoms. The second kappa shape index (κ2) is 7.41. The molecule has 2 atom stereocenters. The van der Waals surface area contributed by atoms with E-state index in [-0.39, 0.29) is 12.2 Å². The number of Topliss-reactive ketones (excluding diaryl/α,β-unsaturated/α-hetero) is 1. The van der Waals surface area contributed by atoms with Gasteiger partial charge in [0.1, 0.15) is 29.7 Å². The summed E-state index contributed by atoms with van der Waals surface area (Å²) in [6, 6.07) is 3.22. The summed E-state index contributed by atoms with van der Waals surface area (Å²) in [5.74, 6) is 6.84. The van der Waals surface area contributed by atoms with Crippen LogP contribution in [0.25, 0.3) is 0 Å². The maximum Gasteiger partial charge on any atom is 0.209 e. The summed E-state index contributed by atoms with van der Waals surface area (Å²) >= 11 is 0. The van der Waals surface area contributed by atoms with Gasteiger partial charge >= 0.3 is 0 Å². The molecular formula is C18H21N3O5. The fraction of sp³-hybridized carbons (Fsp3) is 0.500. The topological polar surface area (TPSA) is 122 Å². The molecule has 3 rings (SSSR count). The van der Waals surface area contributed by atoms with Crippen LogP contribution in [0.1, 0.15) is 48.8 Å². The molecule has 1 saturated carbocycles. The van der Waals surface area contributed by atoms with Crippen LogP contribution in [0.5, 0.6) is 0 Å². The summed E-state index contributed by atoms with van der Waals surface area (Å²) < 4.78 is 10.1. The smallest absolute Gasteiger partial charge is 0.209 e. The minimum Gasteiger partial charge on any atom is -0.389 e. The Morgan fingerprint density at radius 1 is 1.42 bits per heavy atom. The second-order valence-corrected chi connectivity index (χ2v) is 6.63. The Morgan fingerprint density at radius 2 is 2.19 bits per heavy atom. The molecule has 2 aromatic rings. The van der Waals surface area contributed by atoms with Crippen LogP contribution < -0.4 is 5.32 Å². The van der Waals surface area contributed by atoms with Gasteiger partial charge in [0.2, 0.25) is 5.76 Å². The molecule has 1 fully saturated rings. The first kappa shape index (κ1) is 18.3. The Kier molecular flexibility index (Phi) is 5.23. The van der Waals surface area contributed by atoms with Crippen molar-refractivity contribution >= 4 is 5.78 Å². The van der Waals surface area contributed by atoms with Gasteiger partial charge in [-0.3, -0.25) is 10.1 Å². The molecule has 0 spiro atoms. The van der Waals surface area contributed by atoms with Gasteiger partial charge in [-0.15, -0.1) is 0 Å². The summed E-state index contributed by atoms with van der Waals surface area (Å²) in [6.45, 7) is 2.59. The van der Waals surface area contributed by atoms with Crippen molar-refractivity contribution in [1.29, 1.82) is 0 Å². The first-order valence-corrected chi connectivity index (χ1v) is 8.40. The molecule has 0 radical (unpaired) electrons. The number of aliphatic hydroxyl groups is 2. The highest BCUT2D eigenvalue weighted by Crippen LogP contribution is 2.28. The van der Waals surface area contributed by atoms with Crippen LogP contribution in [0, 0.1) is 24.7 Å². The minimum atomic E-state index is -1.48. The fourth-order valence-corrected chi connectivity index (χ4v) is 2.45. The maximum atomic E-state index is 12.3. The highest BCUT2D eigenvalue weighted by Gasteiger charge is 2.42. The van der Waals surface area contributed by atoms with Crippen molar-refractivity contribution in [2.45, 2.75) is 44.9 Å². The molecule has 0 saturated heterocycles. The molecule has 0 amide bonds. The highest BCUT2D eigenvalue weighted by molar-refractivity contribution is 5.89. The number of aliphatic hydroxyl groups excluding tert-OH is 2. The van der Waals surface area contributed by atoms with Crippen LogP contribution >= 0.6 is 0 Å². The monoisotopic (exact) mass is 359 g/mol. The van der Waals surface area contributed by atoms with Crippen LogP contribution in [0.15, 0.2) is 21.2 Å². The Hall–Kier alpha value is -2.47. The number of hydrogen-bond donors (Lipinski definition) is 3. The lowest BCUT2D eigenvalue weighted by Gasteiger charge is -2.32. The summed E-state index contributed by atoms with van der Waals surface area (Å²) in [5, 5.41) is 30.5. The number of nitrogens with zero attached hydrogens (tertiary/aromatic N) is 2. The average Bonchev–Trinajstić information content (AvgIpc) is 3.19. The van der Waals surface area contributed by atoms with E-state index in [1.807, 2.05) is 0 Å². The van der Waals surface area contributed by atoms with Gasteiger partial charge in [0.25, 0.3) is 0 Å². The van der Waals surface area contributed by atoms with Crippen molar-refractivity contribution in [1.82, 2.24) is 15.6 Å². The van der Waals surface area contributed by atoms with E-state index in [0.29, 0.717) is 23.1 Å². The molecule has 3 N–H and O–H groups in total. The lowest BCUT2D eigenvalue weighted by atomic mass is 9.87. The molecule has 2 aromatic heterocycles. The van der Waals surface area contributed by atoms with Crippen molar-refractivity contribution in [3.63, 3.8) is 0 Å². The van der Waals surface area contributed by atoms with Crippen molar-refractivity contribution < 1.29 is 24.1 Å². The van der Waals surface area contributed by atoms with Crippen molar-refractivity contribution in [3.8, 4) is 11.8 Å². The highest BCUT2D eigenvalue weighted by atomic mass is 16.5. The molecule has 2 heterocycles. The number of aryl methyl sites for hydroxylation is 1. The quantitative estimate of drug-likeness (QED) is 0.623. The minimum absolute atomic E-state index is 0.144. The summed E-state index contributed by atoms with van der Waals surface area (Å²) in [7, 11) is 0. The molecular weight excluding hydrogens is 338 g/mol. The van der Waals surface area contributed by atoms with Gasteiger partial charge in [-0.1, -0.05) is 16.2 Å². The largest absolute Gasteiger partial charge is 0.389 e. The third-order valence-corrected chi connectivity index (χ3v) is 4.37. The predicted molar refractivity (Wildman–Crippen MR) is 89.6 cm³/mol. The number of carbonyl (C=O) groups excluding carboxylic acids is 1. The third-order valence-electron chi connectivity index (χ3n) is 4.37. The van der Waals surface area contributed by atoms with Gasteiger partial charge in [0.15, 0.2) is 5.78 Å². The fourth-order valence-electron chi connectivity index (χ4n) is 2.45. The third kappa shape index (κ3) is 4.02. The van der Waals surface area contributed by atoms with Gasteiger partial charge in [-0.2, -0.15) is 0 Å². The summed E-state index contributed by atoms with van der Waals surface area (Å²) in [5.41, 5.74) is -0.738. The first-order valence-electron chi connectivity index (χ1n) is 8.40. The second-order valence-electron chi connectivity index (χ2n) is 6.63. The number of hydrogen-bond acceptors (Lipinski definition) is 8. The number of rotatable bonds is 7. The maximum absolute atomic E-state index is 12.3. The molecule has 1 aliphatic rings. The predicted octanol–water partition coefficient (Wildman–Crippen LogP) is 0.876. The number of carbonyl (C=O) groups is 1. The van der Waals surface area contributed by atoms with Crippen molar-refractivity contribution in [2.24, 2.45) is 5.92 Å². The van der Waals surface area contributed by atoms with Crippen LogP contribution in [-0.4, -0.2) is 38.5 Å². The Labute approximate surface area is 150 Å². The molecule has 1 aliphatic carbocycles. The lowest BCUT2D eigenvalue weighted by molar-refractivity contribution is -0.133. The Morgan fingerprint density at radius 3 is 2.81 bits per heavy atom. The Bertz CT molecular complexity index is 842. The van der Waals surface area contributed by atoms with E-state index in [2.05, 4.69) is 27.5 Å². The van der Waals surface area contributed by atoms with Crippen molar-refractivity contribution in [3.05, 3.63) is 35.0 Å². The van der Waals surface area contributed by atoms with Crippen molar-refractivity contribution in [2.75, 3.05) is 6.61 Å². The zero-order chi connectivity index (χ0) is 18.7. The first-order chi connectivity index (χ1) is 12.4. The molecule has 0 bridgehead atoms. The van der Waals surface area contributed by atoms with Gasteiger partial charge in [-0.25, -0.2) is 0 Å². The van der Waals surface area contributed by atoms with E-state index < -0.39 is 24.0 Å². The lowest BCUT2D eigenvalue weighted by Crippen LogP contribution is -2.55. The number of ketones is 1. The number of aromatic nitrogens is 2. The van der Waals surface area contributed by atoms with Crippen LogP contribution in [0.2, 0.25) is 0 Å². The van der Waals surface area contributed by atoms with Crippen LogP contribution in [0.4, 0.5) is 0 Å². The van der Waals surface area contributed by atoms with E-state index in [0.717, 1.165) is 12.8 Å². The van der Waals surface area contributed by atoms with E-state index in [4.69, 9.17) is 9.05 Å². The molecule has 0 aliphatic heterocycles. The van der Waals surface area contributed by atoms with Gasteiger partial charge in [0, 0.05) is 24.6 Å². The average molecular weight is 359 g/mol. The van der Waals surface area contributed by atoms with E-state index >= 15 is 0 Å². The normalized spacial score (nSPS) is 17.2. The molecule has 8 nitrogen and oxygen atoms in total. The van der Waals surface area contributed by atoms with E-state index in [1.165, 1.54) is 13.0 Å². The zero-order valence-corrected chi connectivity index (χ0v) is 14.7. The standard InChI is InChI=1S/C18H21N3O5/c1-11-7-15(21-25-11)17(24)18(2,16(23)10-22)19-9-13-8-14(26-20-13)6-5-12-3-4-12/h7-8,12,17,19,22,24H,3-4,9-10H2,1-2H3/t17-,18+/m0/s1. The van der Waals surface area contributed by atoms with Gasteiger partial charge < -0.3 is 19.3 Å². The Balaban J connectivity index is 1.72. The molecule has 0 unspecified atom stereocenters. The zero-order valence-electron chi connectivity index (χ0n) is 14.7. The summed E-state index contributed by atoms with van der Waals surface area (Å²) in [6.07, 6.45) is 0.938. The van der Waals surface area contributed by atoms with E-state index in [9.17, 15) is 15.0 Å². The van der Waals surface area contributed by atoms with Gasteiger partial charge in [-0.05, 0) is 32.6 Å². The molecule has 138 valence electrons. The molecule has 0 aromatic carbocycles. The SMILES string of the molecule is Cc1cc([C@H](O)[C@](C)(NCc2cc(C#CC3CC3)on2)C(=O)CO)no1. The van der Waals surface area contributed by atoms with Gasteiger partial charge in [0.05, 0.1) is 5.69 Å². The van der Waals surface area contributed by atoms with Crippen LogP contribution in [0.3, 0.4) is 0 Å².